The summed E-state index contributed by atoms with van der Waals surface area (Å²) in [6.07, 6.45) is 4.85. The molecule has 5 rings (SSSR count). The number of nitrogens with one attached hydrogen (secondary N) is 1. The normalized spacial score (nSPS) is 17.1. The van der Waals surface area contributed by atoms with E-state index in [-0.39, 0.29) is 34.5 Å². The predicted molar refractivity (Wildman–Crippen MR) is 145 cm³/mol. The molecule has 196 valence electrons. The lowest BCUT2D eigenvalue weighted by molar-refractivity contribution is -0.384. The molecule has 0 saturated carbocycles. The number of nitro benzene ring substituents is 1. The number of nitrogens with two attached hydrogens (primary N) is 1. The van der Waals surface area contributed by atoms with Gasteiger partial charge >= 0.3 is 0 Å². The van der Waals surface area contributed by atoms with E-state index in [0.717, 1.165) is 11.8 Å². The van der Waals surface area contributed by atoms with E-state index in [1.165, 1.54) is 29.5 Å². The van der Waals surface area contributed by atoms with Crippen LogP contribution in [0.2, 0.25) is 0 Å². The Kier molecular flexibility index (Phi) is 7.35. The van der Waals surface area contributed by atoms with Crippen molar-refractivity contribution in [1.29, 1.82) is 5.26 Å². The molecular weight excluding hydrogens is 540 g/mol. The number of nitrogens with zero attached hydrogens (tertiary/aromatic N) is 6. The second-order valence-corrected chi connectivity index (χ2v) is 10.8. The van der Waals surface area contributed by atoms with E-state index in [4.69, 9.17) is 5.73 Å². The van der Waals surface area contributed by atoms with Crippen molar-refractivity contribution in [2.24, 2.45) is 5.73 Å². The number of benzene rings is 1. The van der Waals surface area contributed by atoms with E-state index in [9.17, 15) is 25.0 Å². The summed E-state index contributed by atoms with van der Waals surface area (Å²) in [7, 11) is 0. The highest BCUT2D eigenvalue weighted by molar-refractivity contribution is 8.01. The van der Waals surface area contributed by atoms with Crippen LogP contribution in [0.5, 0.6) is 0 Å². The Morgan fingerprint density at radius 1 is 1.31 bits per heavy atom. The SMILES string of the molecule is N#CC1=C(N)N(c2nnc(SCC(=O)Nc3cccc([N+](=O)[O-])c3)s2)C2=C(C(=O)CCC2)C1c1cccnc1. The molecule has 3 heterocycles. The van der Waals surface area contributed by atoms with Crippen LogP contribution >= 0.6 is 23.1 Å². The van der Waals surface area contributed by atoms with Crippen molar-refractivity contribution in [1.82, 2.24) is 15.2 Å². The molecule has 3 aromatic rings. The zero-order chi connectivity index (χ0) is 27.5. The lowest BCUT2D eigenvalue weighted by Gasteiger charge is -2.37. The third-order valence-corrected chi connectivity index (χ3v) is 8.23. The monoisotopic (exact) mass is 560 g/mol. The first-order valence-electron chi connectivity index (χ1n) is 11.7. The fraction of sp³-hybridized carbons (Fsp3) is 0.200. The number of rotatable bonds is 7. The molecule has 1 amide bonds. The van der Waals surface area contributed by atoms with Crippen molar-refractivity contribution in [3.8, 4) is 6.07 Å². The summed E-state index contributed by atoms with van der Waals surface area (Å²) in [4.78, 5) is 41.8. The molecular formula is C25H20N8O4S2. The van der Waals surface area contributed by atoms with E-state index < -0.39 is 10.8 Å². The third-order valence-electron chi connectivity index (χ3n) is 6.19. The van der Waals surface area contributed by atoms with Gasteiger partial charge in [-0.25, -0.2) is 0 Å². The average Bonchev–Trinajstić information content (AvgIpc) is 3.40. The van der Waals surface area contributed by atoms with E-state index in [0.29, 0.717) is 51.3 Å². The van der Waals surface area contributed by atoms with Gasteiger partial charge in [-0.3, -0.25) is 29.6 Å². The minimum Gasteiger partial charge on any atom is -0.384 e. The number of amides is 1. The number of allylic oxidation sites excluding steroid dienone is 3. The molecule has 1 atom stereocenters. The van der Waals surface area contributed by atoms with Crippen LogP contribution in [-0.2, 0) is 9.59 Å². The zero-order valence-corrected chi connectivity index (χ0v) is 21.9. The highest BCUT2D eigenvalue weighted by atomic mass is 32.2. The highest BCUT2D eigenvalue weighted by Crippen LogP contribution is 2.46. The number of aromatic nitrogens is 3. The number of carbonyl (C=O) groups excluding carboxylic acids is 2. The van der Waals surface area contributed by atoms with Crippen LogP contribution in [0.25, 0.3) is 0 Å². The van der Waals surface area contributed by atoms with Gasteiger partial charge in [0.25, 0.3) is 5.69 Å². The molecule has 14 heteroatoms. The highest BCUT2D eigenvalue weighted by Gasteiger charge is 2.41. The van der Waals surface area contributed by atoms with Crippen LogP contribution in [0.4, 0.5) is 16.5 Å². The molecule has 0 saturated heterocycles. The van der Waals surface area contributed by atoms with Gasteiger partial charge < -0.3 is 11.1 Å². The molecule has 0 radical (unpaired) electrons. The zero-order valence-electron chi connectivity index (χ0n) is 20.2. The number of hydrogen-bond acceptors (Lipinski definition) is 12. The van der Waals surface area contributed by atoms with Gasteiger partial charge in [0.1, 0.15) is 5.82 Å². The number of anilines is 2. The Morgan fingerprint density at radius 2 is 2.15 bits per heavy atom. The number of Topliss-reactive ketones (excluding diaryl/α,β-unsaturated/α-hetero) is 1. The molecule has 12 nitrogen and oxygen atoms in total. The second-order valence-electron chi connectivity index (χ2n) is 8.60. The third kappa shape index (κ3) is 5.22. The fourth-order valence-corrected chi connectivity index (χ4v) is 6.24. The molecule has 2 aromatic heterocycles. The van der Waals surface area contributed by atoms with Crippen LogP contribution in [-0.4, -0.2) is 37.5 Å². The molecule has 1 aliphatic heterocycles. The summed E-state index contributed by atoms with van der Waals surface area (Å²) < 4.78 is 0.476. The lowest BCUT2D eigenvalue weighted by Crippen LogP contribution is -2.38. The Bertz CT molecular complexity index is 1580. The summed E-state index contributed by atoms with van der Waals surface area (Å²) in [6.45, 7) is 0. The number of nitriles is 1. The van der Waals surface area contributed by atoms with Gasteiger partial charge in [-0.1, -0.05) is 35.2 Å². The van der Waals surface area contributed by atoms with Gasteiger partial charge in [-0.2, -0.15) is 5.26 Å². The van der Waals surface area contributed by atoms with Crippen LogP contribution in [0.3, 0.4) is 0 Å². The molecule has 0 spiro atoms. The number of pyridine rings is 1. The number of hydrogen-bond donors (Lipinski definition) is 2. The lowest BCUT2D eigenvalue weighted by atomic mass is 9.76. The summed E-state index contributed by atoms with van der Waals surface area (Å²) >= 11 is 2.32. The molecule has 1 aliphatic carbocycles. The van der Waals surface area contributed by atoms with Crippen molar-refractivity contribution < 1.29 is 14.5 Å². The largest absolute Gasteiger partial charge is 0.384 e. The maximum atomic E-state index is 13.2. The van der Waals surface area contributed by atoms with Gasteiger partial charge in [0.15, 0.2) is 10.1 Å². The number of ketones is 1. The van der Waals surface area contributed by atoms with E-state index in [2.05, 4.69) is 26.6 Å². The van der Waals surface area contributed by atoms with E-state index in [1.807, 2.05) is 6.07 Å². The predicted octanol–water partition coefficient (Wildman–Crippen LogP) is 3.88. The van der Waals surface area contributed by atoms with Gasteiger partial charge in [0.2, 0.25) is 11.0 Å². The summed E-state index contributed by atoms with van der Waals surface area (Å²) in [5.41, 5.74) is 8.87. The second kappa shape index (κ2) is 11.0. The van der Waals surface area contributed by atoms with Crippen LogP contribution in [0.1, 0.15) is 30.7 Å². The first-order chi connectivity index (χ1) is 18.9. The van der Waals surface area contributed by atoms with Gasteiger partial charge in [-0.05, 0) is 30.5 Å². The average molecular weight is 561 g/mol. The molecule has 0 bridgehead atoms. The van der Waals surface area contributed by atoms with Gasteiger partial charge in [-0.15, -0.1) is 10.2 Å². The Morgan fingerprint density at radius 3 is 2.90 bits per heavy atom. The molecule has 0 fully saturated rings. The standard InChI is InChI=1S/C25H20N8O4S2/c26-11-17-21(14-4-3-9-28-12-14)22-18(7-2-8-19(22)34)32(23(17)27)24-30-31-25(39-24)38-13-20(35)29-15-5-1-6-16(10-15)33(36)37/h1,3-6,9-10,12,21H,2,7-8,13,27H2,(H,29,35). The first kappa shape index (κ1) is 26.0. The Labute approximate surface area is 230 Å². The van der Waals surface area contributed by atoms with Crippen molar-refractivity contribution in [2.45, 2.75) is 29.5 Å². The quantitative estimate of drug-likeness (QED) is 0.243. The smallest absolute Gasteiger partial charge is 0.271 e. The number of carbonyl (C=O) groups is 2. The molecule has 1 unspecified atom stereocenters. The maximum absolute atomic E-state index is 13.2. The number of thioether (sulfide) groups is 1. The molecule has 1 aromatic carbocycles. The molecule has 39 heavy (non-hydrogen) atoms. The molecule has 3 N–H and O–H groups in total. The minimum atomic E-state index is -0.609. The number of nitro groups is 1. The molecule has 2 aliphatic rings. The van der Waals surface area contributed by atoms with Crippen molar-refractivity contribution in [3.63, 3.8) is 0 Å². The van der Waals surface area contributed by atoms with Crippen LogP contribution in [0.15, 0.2) is 75.8 Å². The number of non-ortho nitro benzene ring substituents is 1. The van der Waals surface area contributed by atoms with Crippen molar-refractivity contribution in [2.75, 3.05) is 16.0 Å². The fourth-order valence-electron chi connectivity index (χ4n) is 4.56. The summed E-state index contributed by atoms with van der Waals surface area (Å²) in [5.74, 6) is -0.865. The Hall–Kier alpha value is -4.61. The Balaban J connectivity index is 1.38. The maximum Gasteiger partial charge on any atom is 0.271 e. The topological polar surface area (TPSA) is 181 Å². The summed E-state index contributed by atoms with van der Waals surface area (Å²) in [6, 6.07) is 11.4. The van der Waals surface area contributed by atoms with Crippen molar-refractivity contribution >= 4 is 51.3 Å². The van der Waals surface area contributed by atoms with Crippen LogP contribution < -0.4 is 16.0 Å². The summed E-state index contributed by atoms with van der Waals surface area (Å²) in [5, 5.41) is 32.5. The first-order valence-corrected chi connectivity index (χ1v) is 13.5. The minimum absolute atomic E-state index is 0.0123. The van der Waals surface area contributed by atoms with Crippen molar-refractivity contribution in [3.05, 3.63) is 87.1 Å². The van der Waals surface area contributed by atoms with E-state index in [1.54, 1.807) is 29.4 Å². The van der Waals surface area contributed by atoms with Crippen LogP contribution in [0, 0.1) is 21.4 Å². The van der Waals surface area contributed by atoms with Gasteiger partial charge in [0.05, 0.1) is 28.2 Å². The van der Waals surface area contributed by atoms with Gasteiger partial charge in [0, 0.05) is 47.9 Å². The van der Waals surface area contributed by atoms with E-state index >= 15 is 0 Å².